The van der Waals surface area contributed by atoms with Crippen LogP contribution in [0.1, 0.15) is 38.3 Å². The van der Waals surface area contributed by atoms with Crippen LogP contribution in [-0.2, 0) is 0 Å². The number of carbonyl (C=O) groups is 1. The molecule has 0 spiro atoms. The summed E-state index contributed by atoms with van der Waals surface area (Å²) in [5.74, 6) is -0.0183. The van der Waals surface area contributed by atoms with Crippen molar-refractivity contribution in [1.82, 2.24) is 10.6 Å². The van der Waals surface area contributed by atoms with Gasteiger partial charge < -0.3 is 20.5 Å². The Morgan fingerprint density at radius 1 is 1.45 bits per heavy atom. The van der Waals surface area contributed by atoms with Crippen molar-refractivity contribution in [3.63, 3.8) is 0 Å². The van der Waals surface area contributed by atoms with E-state index in [0.29, 0.717) is 13.0 Å². The molecule has 0 aliphatic heterocycles. The van der Waals surface area contributed by atoms with Crippen LogP contribution >= 0.6 is 0 Å². The van der Waals surface area contributed by atoms with Gasteiger partial charge in [0.25, 0.3) is 0 Å². The SMILES string of the molecule is CCC(CCO)CNC(=O)NC(C)c1ccc(F)c(OC)c1. The molecule has 3 N–H and O–H groups in total. The summed E-state index contributed by atoms with van der Waals surface area (Å²) >= 11 is 0. The maximum atomic E-state index is 13.4. The number of rotatable bonds is 8. The number of ether oxygens (including phenoxy) is 1. The summed E-state index contributed by atoms with van der Waals surface area (Å²) in [5.41, 5.74) is 0.760. The highest BCUT2D eigenvalue weighted by molar-refractivity contribution is 5.74. The fraction of sp³-hybridized carbons (Fsp3) is 0.562. The predicted molar refractivity (Wildman–Crippen MR) is 83.4 cm³/mol. The van der Waals surface area contributed by atoms with E-state index in [4.69, 9.17) is 9.84 Å². The molecule has 0 saturated carbocycles. The number of hydrogen-bond donors (Lipinski definition) is 3. The lowest BCUT2D eigenvalue weighted by Crippen LogP contribution is -2.39. The molecule has 1 rings (SSSR count). The number of urea groups is 1. The van der Waals surface area contributed by atoms with E-state index in [0.717, 1.165) is 12.0 Å². The Kier molecular flexibility index (Phi) is 7.66. The summed E-state index contributed by atoms with van der Waals surface area (Å²) in [6.07, 6.45) is 1.56. The molecule has 5 nitrogen and oxygen atoms in total. The van der Waals surface area contributed by atoms with Crippen LogP contribution < -0.4 is 15.4 Å². The van der Waals surface area contributed by atoms with Crippen molar-refractivity contribution in [3.8, 4) is 5.75 Å². The molecule has 1 aromatic carbocycles. The summed E-state index contributed by atoms with van der Waals surface area (Å²) in [6.45, 7) is 4.47. The second-order valence-corrected chi connectivity index (χ2v) is 5.26. The van der Waals surface area contributed by atoms with Crippen molar-refractivity contribution >= 4 is 6.03 Å². The minimum Gasteiger partial charge on any atom is -0.494 e. The van der Waals surface area contributed by atoms with Crippen molar-refractivity contribution in [2.24, 2.45) is 5.92 Å². The van der Waals surface area contributed by atoms with Crippen LogP contribution in [-0.4, -0.2) is 31.4 Å². The van der Waals surface area contributed by atoms with Crippen LogP contribution in [0.3, 0.4) is 0 Å². The topological polar surface area (TPSA) is 70.6 Å². The zero-order chi connectivity index (χ0) is 16.5. The summed E-state index contributed by atoms with van der Waals surface area (Å²) in [6, 6.07) is 3.95. The molecule has 0 aliphatic carbocycles. The smallest absolute Gasteiger partial charge is 0.315 e. The molecule has 2 unspecified atom stereocenters. The van der Waals surface area contributed by atoms with Gasteiger partial charge in [0, 0.05) is 13.2 Å². The van der Waals surface area contributed by atoms with E-state index in [1.165, 1.54) is 13.2 Å². The van der Waals surface area contributed by atoms with Crippen LogP contribution in [0.2, 0.25) is 0 Å². The molecule has 1 aromatic rings. The van der Waals surface area contributed by atoms with Crippen molar-refractivity contribution in [2.75, 3.05) is 20.3 Å². The fourth-order valence-corrected chi connectivity index (χ4v) is 2.15. The number of benzene rings is 1. The highest BCUT2D eigenvalue weighted by Crippen LogP contribution is 2.22. The molecule has 2 amide bonds. The zero-order valence-corrected chi connectivity index (χ0v) is 13.4. The van der Waals surface area contributed by atoms with E-state index in [-0.39, 0.29) is 30.3 Å². The third-order valence-corrected chi connectivity index (χ3v) is 3.69. The number of methoxy groups -OCH3 is 1. The quantitative estimate of drug-likeness (QED) is 0.691. The van der Waals surface area contributed by atoms with Crippen LogP contribution in [0.5, 0.6) is 5.75 Å². The van der Waals surface area contributed by atoms with Crippen LogP contribution in [0.4, 0.5) is 9.18 Å². The highest BCUT2D eigenvalue weighted by Gasteiger charge is 2.13. The predicted octanol–water partition coefficient (Wildman–Crippen LogP) is 2.60. The number of carbonyl (C=O) groups excluding carboxylic acids is 1. The zero-order valence-electron chi connectivity index (χ0n) is 13.4. The maximum absolute atomic E-state index is 13.4. The van der Waals surface area contributed by atoms with Crippen LogP contribution in [0.25, 0.3) is 0 Å². The molecular weight excluding hydrogens is 287 g/mol. The van der Waals surface area contributed by atoms with Crippen molar-refractivity contribution in [3.05, 3.63) is 29.6 Å². The number of nitrogens with one attached hydrogen (secondary N) is 2. The van der Waals surface area contributed by atoms with E-state index in [1.807, 2.05) is 13.8 Å². The first-order valence-electron chi connectivity index (χ1n) is 7.50. The lowest BCUT2D eigenvalue weighted by atomic mass is 10.0. The largest absolute Gasteiger partial charge is 0.494 e. The molecule has 0 heterocycles. The fourth-order valence-electron chi connectivity index (χ4n) is 2.15. The van der Waals surface area contributed by atoms with Crippen molar-refractivity contribution in [2.45, 2.75) is 32.7 Å². The number of hydrogen-bond acceptors (Lipinski definition) is 3. The van der Waals surface area contributed by atoms with Gasteiger partial charge in [0.2, 0.25) is 0 Å². The average Bonchev–Trinajstić information content (AvgIpc) is 2.51. The van der Waals surface area contributed by atoms with Gasteiger partial charge in [-0.1, -0.05) is 19.4 Å². The highest BCUT2D eigenvalue weighted by atomic mass is 19.1. The van der Waals surface area contributed by atoms with Gasteiger partial charge >= 0.3 is 6.03 Å². The van der Waals surface area contributed by atoms with E-state index < -0.39 is 5.82 Å². The molecule has 6 heteroatoms. The first-order valence-corrected chi connectivity index (χ1v) is 7.50. The number of amides is 2. The second kappa shape index (κ2) is 9.25. The molecule has 0 fully saturated rings. The van der Waals surface area contributed by atoms with Gasteiger partial charge in [-0.25, -0.2) is 9.18 Å². The van der Waals surface area contributed by atoms with Crippen molar-refractivity contribution in [1.29, 1.82) is 0 Å². The van der Waals surface area contributed by atoms with Gasteiger partial charge in [-0.05, 0) is 37.0 Å². The average molecular weight is 312 g/mol. The Bertz CT molecular complexity index is 482. The third kappa shape index (κ3) is 5.52. The Morgan fingerprint density at radius 3 is 2.77 bits per heavy atom. The first kappa shape index (κ1) is 18.2. The molecule has 0 aromatic heterocycles. The number of halogens is 1. The van der Waals surface area contributed by atoms with Gasteiger partial charge in [0.05, 0.1) is 13.2 Å². The summed E-state index contributed by atoms with van der Waals surface area (Å²) in [7, 11) is 1.40. The second-order valence-electron chi connectivity index (χ2n) is 5.26. The monoisotopic (exact) mass is 312 g/mol. The third-order valence-electron chi connectivity index (χ3n) is 3.69. The van der Waals surface area contributed by atoms with Gasteiger partial charge in [-0.3, -0.25) is 0 Å². The maximum Gasteiger partial charge on any atom is 0.315 e. The lowest BCUT2D eigenvalue weighted by Gasteiger charge is -2.18. The van der Waals surface area contributed by atoms with Gasteiger partial charge in [-0.2, -0.15) is 0 Å². The minimum atomic E-state index is -0.433. The Hall–Kier alpha value is -1.82. The van der Waals surface area contributed by atoms with Gasteiger partial charge in [0.15, 0.2) is 11.6 Å². The summed E-state index contributed by atoms with van der Waals surface area (Å²) in [5, 5.41) is 14.5. The van der Waals surface area contributed by atoms with Crippen LogP contribution in [0.15, 0.2) is 18.2 Å². The Morgan fingerprint density at radius 2 is 2.18 bits per heavy atom. The molecule has 0 radical (unpaired) electrons. The molecular formula is C16H25FN2O3. The van der Waals surface area contributed by atoms with E-state index in [2.05, 4.69) is 10.6 Å². The van der Waals surface area contributed by atoms with E-state index in [9.17, 15) is 9.18 Å². The van der Waals surface area contributed by atoms with Crippen molar-refractivity contribution < 1.29 is 19.0 Å². The van der Waals surface area contributed by atoms with E-state index >= 15 is 0 Å². The van der Waals surface area contributed by atoms with Gasteiger partial charge in [0.1, 0.15) is 0 Å². The minimum absolute atomic E-state index is 0.119. The number of aliphatic hydroxyl groups is 1. The van der Waals surface area contributed by atoms with Gasteiger partial charge in [-0.15, -0.1) is 0 Å². The van der Waals surface area contributed by atoms with Crippen LogP contribution in [0, 0.1) is 11.7 Å². The molecule has 0 saturated heterocycles. The molecule has 0 aliphatic rings. The van der Waals surface area contributed by atoms with E-state index in [1.54, 1.807) is 12.1 Å². The number of aliphatic hydroxyl groups excluding tert-OH is 1. The summed E-state index contributed by atoms with van der Waals surface area (Å²) < 4.78 is 18.3. The molecule has 22 heavy (non-hydrogen) atoms. The first-order chi connectivity index (χ1) is 10.5. The summed E-state index contributed by atoms with van der Waals surface area (Å²) in [4.78, 5) is 11.9. The normalized spacial score (nSPS) is 13.3. The molecule has 124 valence electrons. The lowest BCUT2D eigenvalue weighted by molar-refractivity contribution is 0.228. The standard InChI is InChI=1S/C16H25FN2O3/c1-4-12(7-8-20)10-18-16(21)19-11(2)13-5-6-14(17)15(9-13)22-3/h5-6,9,11-12,20H,4,7-8,10H2,1-3H3,(H2,18,19,21). The molecule has 0 bridgehead atoms. The Labute approximate surface area is 130 Å². The molecule has 2 atom stereocenters. The Balaban J connectivity index is 2.53.